The first-order chi connectivity index (χ1) is 6.61. The first kappa shape index (κ1) is 11.3. The van der Waals surface area contributed by atoms with Gasteiger partial charge in [0.15, 0.2) is 0 Å². The average molecular weight is 200 g/mol. The van der Waals surface area contributed by atoms with Gasteiger partial charge in [-0.25, -0.2) is 4.79 Å². The van der Waals surface area contributed by atoms with Crippen molar-refractivity contribution >= 4 is 6.09 Å². The fourth-order valence-corrected chi connectivity index (χ4v) is 1.60. The number of nitrogens with one attached hydrogen (secondary N) is 1. The third-order valence-corrected chi connectivity index (χ3v) is 2.42. The van der Waals surface area contributed by atoms with E-state index in [1.165, 1.54) is 6.42 Å². The maximum absolute atomic E-state index is 11.6. The number of carbonyl (C=O) groups is 1. The van der Waals surface area contributed by atoms with Gasteiger partial charge in [0.2, 0.25) is 0 Å². The van der Waals surface area contributed by atoms with Crippen molar-refractivity contribution < 1.29 is 9.63 Å². The van der Waals surface area contributed by atoms with Gasteiger partial charge in [-0.05, 0) is 40.0 Å². The predicted octanol–water partition coefficient (Wildman–Crippen LogP) is 1.91. The topological polar surface area (TPSA) is 41.6 Å². The molecule has 0 saturated carbocycles. The highest BCUT2D eigenvalue weighted by Gasteiger charge is 2.24. The fourth-order valence-electron chi connectivity index (χ4n) is 1.60. The summed E-state index contributed by atoms with van der Waals surface area (Å²) in [6.07, 6.45) is 3.13. The van der Waals surface area contributed by atoms with Crippen molar-refractivity contribution in [1.82, 2.24) is 10.4 Å². The Morgan fingerprint density at radius 3 is 2.79 bits per heavy atom. The Bertz CT molecular complexity index is 195. The molecular weight excluding hydrogens is 180 g/mol. The van der Waals surface area contributed by atoms with Gasteiger partial charge in [-0.2, -0.15) is 0 Å². The van der Waals surface area contributed by atoms with Gasteiger partial charge < -0.3 is 9.74 Å². The van der Waals surface area contributed by atoms with Crippen LogP contribution in [-0.2, 0) is 4.84 Å². The number of nitrogens with zero attached hydrogens (tertiary/aromatic N) is 1. The summed E-state index contributed by atoms with van der Waals surface area (Å²) in [6.45, 7) is 6.76. The quantitative estimate of drug-likeness (QED) is 0.692. The van der Waals surface area contributed by atoms with E-state index in [4.69, 9.17) is 4.84 Å². The van der Waals surface area contributed by atoms with Crippen LogP contribution in [0.3, 0.4) is 0 Å². The molecule has 0 aromatic rings. The van der Waals surface area contributed by atoms with E-state index in [1.807, 2.05) is 13.8 Å². The van der Waals surface area contributed by atoms with Crippen molar-refractivity contribution in [3.63, 3.8) is 0 Å². The highest BCUT2D eigenvalue weighted by Crippen LogP contribution is 2.16. The van der Waals surface area contributed by atoms with E-state index in [0.29, 0.717) is 6.04 Å². The van der Waals surface area contributed by atoms with Crippen molar-refractivity contribution in [3.8, 4) is 0 Å². The van der Waals surface area contributed by atoms with Crippen LogP contribution in [0.1, 0.15) is 40.0 Å². The first-order valence-electron chi connectivity index (χ1n) is 5.34. The SMILES string of the molecule is CC(C)NOC(=O)N1CCCCC1C. The molecule has 0 aromatic heterocycles. The molecule has 1 fully saturated rings. The van der Waals surface area contributed by atoms with Gasteiger partial charge in [-0.1, -0.05) is 0 Å². The molecule has 0 bridgehead atoms. The fraction of sp³-hybridized carbons (Fsp3) is 0.900. The number of hydrogen-bond acceptors (Lipinski definition) is 3. The van der Waals surface area contributed by atoms with Gasteiger partial charge in [0.1, 0.15) is 0 Å². The summed E-state index contributed by atoms with van der Waals surface area (Å²) in [5.41, 5.74) is 2.67. The lowest BCUT2D eigenvalue weighted by molar-refractivity contribution is 0.0283. The van der Waals surface area contributed by atoms with Crippen LogP contribution in [0.15, 0.2) is 0 Å². The molecule has 0 aromatic carbocycles. The monoisotopic (exact) mass is 200 g/mol. The zero-order valence-corrected chi connectivity index (χ0v) is 9.25. The summed E-state index contributed by atoms with van der Waals surface area (Å²) in [6, 6.07) is 0.476. The molecule has 1 aliphatic heterocycles. The zero-order chi connectivity index (χ0) is 10.6. The smallest absolute Gasteiger partial charge is 0.353 e. The molecule has 4 heteroatoms. The summed E-state index contributed by atoms with van der Waals surface area (Å²) >= 11 is 0. The number of carbonyl (C=O) groups excluding carboxylic acids is 1. The van der Waals surface area contributed by atoms with E-state index in [2.05, 4.69) is 12.4 Å². The minimum absolute atomic E-state index is 0.166. The standard InChI is InChI=1S/C10H20N2O2/c1-8(2)11-14-10(13)12-7-5-4-6-9(12)3/h8-9,11H,4-7H2,1-3H3. The Morgan fingerprint density at radius 1 is 1.50 bits per heavy atom. The molecule has 4 nitrogen and oxygen atoms in total. The second kappa shape index (κ2) is 5.20. The van der Waals surface area contributed by atoms with E-state index in [-0.39, 0.29) is 12.1 Å². The molecule has 1 unspecified atom stereocenters. The second-order valence-electron chi connectivity index (χ2n) is 4.18. The molecule has 14 heavy (non-hydrogen) atoms. The molecule has 82 valence electrons. The third kappa shape index (κ3) is 3.18. The van der Waals surface area contributed by atoms with E-state index in [0.717, 1.165) is 19.4 Å². The van der Waals surface area contributed by atoms with Crippen LogP contribution in [0.25, 0.3) is 0 Å². The summed E-state index contributed by atoms with van der Waals surface area (Å²) in [7, 11) is 0. The molecule has 1 rings (SSSR count). The zero-order valence-electron chi connectivity index (χ0n) is 9.25. The van der Waals surface area contributed by atoms with Gasteiger partial charge in [0, 0.05) is 18.6 Å². The van der Waals surface area contributed by atoms with Crippen LogP contribution in [0.2, 0.25) is 0 Å². The minimum atomic E-state index is -0.245. The minimum Gasteiger partial charge on any atom is -0.353 e. The highest BCUT2D eigenvalue weighted by molar-refractivity contribution is 5.67. The predicted molar refractivity (Wildman–Crippen MR) is 54.8 cm³/mol. The summed E-state index contributed by atoms with van der Waals surface area (Å²) in [5, 5.41) is 0. The first-order valence-corrected chi connectivity index (χ1v) is 5.34. The highest BCUT2D eigenvalue weighted by atomic mass is 16.7. The third-order valence-electron chi connectivity index (χ3n) is 2.42. The van der Waals surface area contributed by atoms with Crippen LogP contribution >= 0.6 is 0 Å². The van der Waals surface area contributed by atoms with Crippen molar-refractivity contribution in [2.75, 3.05) is 6.54 Å². The largest absolute Gasteiger partial charge is 0.428 e. The van der Waals surface area contributed by atoms with Crippen LogP contribution in [-0.4, -0.2) is 29.6 Å². The lowest BCUT2D eigenvalue weighted by Gasteiger charge is -2.32. The molecule has 1 amide bonds. The van der Waals surface area contributed by atoms with Gasteiger partial charge in [0.05, 0.1) is 0 Å². The molecule has 1 atom stereocenters. The van der Waals surface area contributed by atoms with Crippen molar-refractivity contribution in [2.24, 2.45) is 0 Å². The lowest BCUT2D eigenvalue weighted by atomic mass is 10.0. The van der Waals surface area contributed by atoms with Gasteiger partial charge in [-0.15, -0.1) is 5.48 Å². The summed E-state index contributed by atoms with van der Waals surface area (Å²) in [4.78, 5) is 18.3. The molecule has 1 heterocycles. The Morgan fingerprint density at radius 2 is 2.21 bits per heavy atom. The Balaban J connectivity index is 2.34. The summed E-state index contributed by atoms with van der Waals surface area (Å²) < 4.78 is 0. The van der Waals surface area contributed by atoms with Crippen LogP contribution in [0, 0.1) is 0 Å². The number of hydrogen-bond donors (Lipinski definition) is 1. The van der Waals surface area contributed by atoms with Crippen molar-refractivity contribution in [1.29, 1.82) is 0 Å². The Kier molecular flexibility index (Phi) is 4.20. The normalized spacial score (nSPS) is 22.6. The number of hydroxylamine groups is 1. The molecule has 0 radical (unpaired) electrons. The summed E-state index contributed by atoms with van der Waals surface area (Å²) in [5.74, 6) is 0. The molecule has 0 spiro atoms. The maximum Gasteiger partial charge on any atom is 0.428 e. The van der Waals surface area contributed by atoms with Gasteiger partial charge in [0.25, 0.3) is 0 Å². The van der Waals surface area contributed by atoms with Gasteiger partial charge in [-0.3, -0.25) is 0 Å². The van der Waals surface area contributed by atoms with E-state index in [9.17, 15) is 4.79 Å². The number of piperidine rings is 1. The molecule has 1 aliphatic rings. The number of likely N-dealkylation sites (tertiary alicyclic amines) is 1. The van der Waals surface area contributed by atoms with Crippen molar-refractivity contribution in [3.05, 3.63) is 0 Å². The van der Waals surface area contributed by atoms with Crippen LogP contribution in [0.5, 0.6) is 0 Å². The average Bonchev–Trinajstić information content (AvgIpc) is 2.15. The van der Waals surface area contributed by atoms with Crippen LogP contribution < -0.4 is 5.48 Å². The Hall–Kier alpha value is -0.770. The van der Waals surface area contributed by atoms with E-state index < -0.39 is 0 Å². The maximum atomic E-state index is 11.6. The van der Waals surface area contributed by atoms with Crippen LogP contribution in [0.4, 0.5) is 4.79 Å². The number of rotatable bonds is 2. The van der Waals surface area contributed by atoms with E-state index in [1.54, 1.807) is 4.90 Å². The van der Waals surface area contributed by atoms with E-state index >= 15 is 0 Å². The van der Waals surface area contributed by atoms with Crippen molar-refractivity contribution in [2.45, 2.75) is 52.1 Å². The molecular formula is C10H20N2O2. The molecule has 1 N–H and O–H groups in total. The Labute approximate surface area is 85.6 Å². The molecule has 0 aliphatic carbocycles. The lowest BCUT2D eigenvalue weighted by Crippen LogP contribution is -2.44. The second-order valence-corrected chi connectivity index (χ2v) is 4.18. The number of amides is 1. The van der Waals surface area contributed by atoms with Gasteiger partial charge >= 0.3 is 6.09 Å². The molecule has 1 saturated heterocycles.